The largest absolute Gasteiger partial charge is 0.306 e. The van der Waals surface area contributed by atoms with Gasteiger partial charge >= 0.3 is 0 Å². The summed E-state index contributed by atoms with van der Waals surface area (Å²) >= 11 is 1.12. The van der Waals surface area contributed by atoms with Crippen molar-refractivity contribution >= 4 is 34.5 Å². The van der Waals surface area contributed by atoms with Gasteiger partial charge in [0.1, 0.15) is 34.8 Å². The van der Waals surface area contributed by atoms with Gasteiger partial charge in [0.2, 0.25) is 0 Å². The maximum Gasteiger partial charge on any atom is 0.256 e. The smallest absolute Gasteiger partial charge is 0.256 e. The van der Waals surface area contributed by atoms with Crippen molar-refractivity contribution in [2.45, 2.75) is 6.92 Å². The molecule has 0 saturated carbocycles. The summed E-state index contributed by atoms with van der Waals surface area (Å²) in [6.07, 6.45) is 4.89. The van der Waals surface area contributed by atoms with E-state index in [4.69, 9.17) is 0 Å². The second kappa shape index (κ2) is 5.78. The Morgan fingerprint density at radius 1 is 1.12 bits per heavy atom. The van der Waals surface area contributed by atoms with Gasteiger partial charge in [0, 0.05) is 24.0 Å². The van der Waals surface area contributed by atoms with E-state index < -0.39 is 0 Å². The van der Waals surface area contributed by atoms with Gasteiger partial charge in [0.25, 0.3) is 5.91 Å². The number of carbonyl (C=O) groups is 1. The van der Waals surface area contributed by atoms with Gasteiger partial charge in [-0.25, -0.2) is 15.0 Å². The minimum atomic E-state index is -0.267. The molecule has 0 spiro atoms. The lowest BCUT2D eigenvalue weighted by Crippen LogP contribution is -2.13. The zero-order valence-corrected chi connectivity index (χ0v) is 13.4. The highest BCUT2D eigenvalue weighted by Gasteiger charge is 2.11. The molecule has 1 aromatic carbocycles. The number of rotatable bonds is 3. The number of aromatic nitrogens is 6. The molecule has 1 N–H and O–H groups in total. The topological polar surface area (TPSA) is 98.5 Å². The standard InChI is InChI=1S/C15H11N7OS/c1-9-16-4-5-22(9)14-7-13(17-8-18-14)19-15(23)10-2-3-11-12(6-10)21-24-20-11/h2-8H,1H3,(H,17,18,19,23). The molecule has 0 bridgehead atoms. The van der Waals surface area contributed by atoms with Gasteiger partial charge in [0.15, 0.2) is 0 Å². The lowest BCUT2D eigenvalue weighted by Gasteiger charge is -2.07. The van der Waals surface area contributed by atoms with Crippen LogP contribution in [-0.2, 0) is 0 Å². The summed E-state index contributed by atoms with van der Waals surface area (Å²) < 4.78 is 10.1. The van der Waals surface area contributed by atoms with Gasteiger partial charge in [-0.3, -0.25) is 9.36 Å². The minimum Gasteiger partial charge on any atom is -0.306 e. The Morgan fingerprint density at radius 3 is 2.83 bits per heavy atom. The zero-order valence-electron chi connectivity index (χ0n) is 12.5. The molecule has 0 aliphatic heterocycles. The van der Waals surface area contributed by atoms with Crippen molar-refractivity contribution in [2.24, 2.45) is 0 Å². The first-order valence-electron chi connectivity index (χ1n) is 7.07. The molecule has 0 saturated heterocycles. The lowest BCUT2D eigenvalue weighted by molar-refractivity contribution is 0.102. The number of anilines is 1. The Labute approximate surface area is 140 Å². The van der Waals surface area contributed by atoms with Crippen molar-refractivity contribution < 1.29 is 4.79 Å². The maximum absolute atomic E-state index is 12.4. The molecule has 8 nitrogen and oxygen atoms in total. The lowest BCUT2D eigenvalue weighted by atomic mass is 10.2. The van der Waals surface area contributed by atoms with Gasteiger partial charge in [-0.1, -0.05) is 0 Å². The number of benzene rings is 1. The summed E-state index contributed by atoms with van der Waals surface area (Å²) in [7, 11) is 0. The normalized spacial score (nSPS) is 10.9. The monoisotopic (exact) mass is 337 g/mol. The summed E-state index contributed by atoms with van der Waals surface area (Å²) in [4.78, 5) is 24.9. The summed E-state index contributed by atoms with van der Waals surface area (Å²) in [6, 6.07) is 6.88. The highest BCUT2D eigenvalue weighted by molar-refractivity contribution is 7.00. The average Bonchev–Trinajstić information content (AvgIpc) is 3.22. The molecule has 4 rings (SSSR count). The van der Waals surface area contributed by atoms with Crippen LogP contribution in [0.4, 0.5) is 5.82 Å². The number of imidazole rings is 1. The van der Waals surface area contributed by atoms with Crippen LogP contribution >= 0.6 is 11.7 Å². The van der Waals surface area contributed by atoms with Crippen LogP contribution in [0.5, 0.6) is 0 Å². The molecule has 0 unspecified atom stereocenters. The third-order valence-corrected chi connectivity index (χ3v) is 4.04. The Morgan fingerprint density at radius 2 is 2.00 bits per heavy atom. The van der Waals surface area contributed by atoms with Crippen molar-refractivity contribution in [1.29, 1.82) is 0 Å². The summed E-state index contributed by atoms with van der Waals surface area (Å²) in [5.74, 6) is 1.58. The molecule has 0 aliphatic rings. The number of hydrogen-bond acceptors (Lipinski definition) is 7. The van der Waals surface area contributed by atoms with Gasteiger partial charge < -0.3 is 5.32 Å². The third-order valence-electron chi connectivity index (χ3n) is 3.48. The molecular weight excluding hydrogens is 326 g/mol. The Hall–Kier alpha value is -3.20. The summed E-state index contributed by atoms with van der Waals surface area (Å²) in [5, 5.41) is 2.77. The molecule has 118 valence electrons. The first-order valence-corrected chi connectivity index (χ1v) is 7.80. The molecule has 24 heavy (non-hydrogen) atoms. The third kappa shape index (κ3) is 2.61. The first kappa shape index (κ1) is 14.4. The number of amides is 1. The highest BCUT2D eigenvalue weighted by Crippen LogP contribution is 2.16. The van der Waals surface area contributed by atoms with E-state index in [0.717, 1.165) is 23.1 Å². The van der Waals surface area contributed by atoms with Crippen LogP contribution in [0.1, 0.15) is 16.2 Å². The Balaban J connectivity index is 1.60. The Kier molecular flexibility index (Phi) is 3.47. The predicted molar refractivity (Wildman–Crippen MR) is 89.3 cm³/mol. The number of carbonyl (C=O) groups excluding carboxylic acids is 1. The van der Waals surface area contributed by atoms with Crippen LogP contribution in [0.15, 0.2) is 43.0 Å². The summed E-state index contributed by atoms with van der Waals surface area (Å²) in [5.41, 5.74) is 1.97. The van der Waals surface area contributed by atoms with E-state index >= 15 is 0 Å². The minimum absolute atomic E-state index is 0.267. The molecule has 0 aliphatic carbocycles. The van der Waals surface area contributed by atoms with E-state index in [1.807, 2.05) is 11.5 Å². The van der Waals surface area contributed by atoms with Gasteiger partial charge in [-0.05, 0) is 25.1 Å². The Bertz CT molecular complexity index is 1040. The van der Waals surface area contributed by atoms with Crippen molar-refractivity contribution in [2.75, 3.05) is 5.32 Å². The van der Waals surface area contributed by atoms with Gasteiger partial charge in [0.05, 0.1) is 11.7 Å². The van der Waals surface area contributed by atoms with E-state index in [1.165, 1.54) is 6.33 Å². The second-order valence-electron chi connectivity index (χ2n) is 5.03. The fraction of sp³-hybridized carbons (Fsp3) is 0.0667. The molecule has 0 atom stereocenters. The van der Waals surface area contributed by atoms with Crippen molar-refractivity contribution in [3.05, 3.63) is 54.4 Å². The number of aryl methyl sites for hydroxylation is 1. The molecular formula is C15H11N7OS. The highest BCUT2D eigenvalue weighted by atomic mass is 32.1. The van der Waals surface area contributed by atoms with E-state index in [0.29, 0.717) is 22.7 Å². The fourth-order valence-electron chi connectivity index (χ4n) is 2.28. The quantitative estimate of drug-likeness (QED) is 0.615. The molecule has 1 amide bonds. The van der Waals surface area contributed by atoms with Crippen LogP contribution < -0.4 is 5.32 Å². The van der Waals surface area contributed by atoms with Gasteiger partial charge in [-0.15, -0.1) is 0 Å². The van der Waals surface area contributed by atoms with Crippen LogP contribution in [-0.4, -0.2) is 34.2 Å². The zero-order chi connectivity index (χ0) is 16.5. The van der Waals surface area contributed by atoms with Crippen molar-refractivity contribution in [1.82, 2.24) is 28.3 Å². The number of nitrogens with zero attached hydrogens (tertiary/aromatic N) is 6. The number of fused-ring (bicyclic) bond motifs is 1. The van der Waals surface area contributed by atoms with E-state index in [9.17, 15) is 4.79 Å². The van der Waals surface area contributed by atoms with Crippen LogP contribution in [0.25, 0.3) is 16.9 Å². The first-order chi connectivity index (χ1) is 11.7. The molecule has 3 heterocycles. The van der Waals surface area contributed by atoms with Crippen LogP contribution in [0.3, 0.4) is 0 Å². The molecule has 0 radical (unpaired) electrons. The average molecular weight is 337 g/mol. The van der Waals surface area contributed by atoms with Gasteiger partial charge in [-0.2, -0.15) is 8.75 Å². The maximum atomic E-state index is 12.4. The number of nitrogens with one attached hydrogen (secondary N) is 1. The molecule has 9 heteroatoms. The predicted octanol–water partition coefficient (Wildman–Crippen LogP) is 2.23. The SMILES string of the molecule is Cc1nccn1-c1cc(NC(=O)c2ccc3nsnc3c2)ncn1. The van der Waals surface area contributed by atoms with Crippen LogP contribution in [0, 0.1) is 6.92 Å². The van der Waals surface area contributed by atoms with E-state index in [2.05, 4.69) is 29.0 Å². The van der Waals surface area contributed by atoms with Crippen molar-refractivity contribution in [3.63, 3.8) is 0 Å². The fourth-order valence-corrected chi connectivity index (χ4v) is 2.80. The molecule has 3 aromatic heterocycles. The van der Waals surface area contributed by atoms with E-state index in [1.54, 1.807) is 36.7 Å². The number of hydrogen-bond donors (Lipinski definition) is 1. The second-order valence-corrected chi connectivity index (χ2v) is 5.56. The van der Waals surface area contributed by atoms with E-state index in [-0.39, 0.29) is 5.91 Å². The summed E-state index contributed by atoms with van der Waals surface area (Å²) in [6.45, 7) is 1.87. The van der Waals surface area contributed by atoms with Crippen LogP contribution in [0.2, 0.25) is 0 Å². The molecule has 0 fully saturated rings. The molecule has 4 aromatic rings. The van der Waals surface area contributed by atoms with Crippen molar-refractivity contribution in [3.8, 4) is 5.82 Å².